The predicted octanol–water partition coefficient (Wildman–Crippen LogP) is 2.79. The minimum Gasteiger partial charge on any atom is -0.494 e. The van der Waals surface area contributed by atoms with Crippen molar-refractivity contribution in [3.63, 3.8) is 0 Å². The summed E-state index contributed by atoms with van der Waals surface area (Å²) in [6.07, 6.45) is 3.81. The first-order valence-electron chi connectivity index (χ1n) is 6.25. The number of rotatable bonds is 5. The van der Waals surface area contributed by atoms with Gasteiger partial charge in [0, 0.05) is 18.7 Å². The van der Waals surface area contributed by atoms with Crippen molar-refractivity contribution in [1.29, 1.82) is 0 Å². The molecule has 0 aliphatic heterocycles. The number of ether oxygens (including phenoxy) is 2. The molecular formula is C14H20FNO2. The van der Waals surface area contributed by atoms with Crippen molar-refractivity contribution < 1.29 is 13.9 Å². The van der Waals surface area contributed by atoms with Crippen LogP contribution in [0.4, 0.5) is 4.39 Å². The maximum absolute atomic E-state index is 14.1. The topological polar surface area (TPSA) is 44.5 Å². The van der Waals surface area contributed by atoms with E-state index in [4.69, 9.17) is 15.2 Å². The van der Waals surface area contributed by atoms with E-state index in [-0.39, 0.29) is 23.2 Å². The van der Waals surface area contributed by atoms with Crippen LogP contribution in [0.15, 0.2) is 18.2 Å². The molecule has 3 nitrogen and oxygen atoms in total. The lowest BCUT2D eigenvalue weighted by Gasteiger charge is -2.42. The Hall–Kier alpha value is -1.13. The molecule has 1 aromatic rings. The Kier molecular flexibility index (Phi) is 3.88. The van der Waals surface area contributed by atoms with Crippen LogP contribution < -0.4 is 10.5 Å². The molecule has 0 saturated heterocycles. The average Bonchev–Trinajstić information content (AvgIpc) is 2.34. The summed E-state index contributed by atoms with van der Waals surface area (Å²) in [6, 6.07) is 4.71. The molecule has 1 unspecified atom stereocenters. The number of halogens is 1. The Labute approximate surface area is 107 Å². The molecule has 2 N–H and O–H groups in total. The lowest BCUT2D eigenvalue weighted by molar-refractivity contribution is -0.0818. The maximum atomic E-state index is 14.1. The van der Waals surface area contributed by atoms with Gasteiger partial charge >= 0.3 is 0 Å². The zero-order chi connectivity index (χ0) is 13.2. The Morgan fingerprint density at radius 3 is 2.61 bits per heavy atom. The summed E-state index contributed by atoms with van der Waals surface area (Å²) in [5, 5.41) is 0. The fourth-order valence-electron chi connectivity index (χ4n) is 2.55. The van der Waals surface area contributed by atoms with Gasteiger partial charge in [0.15, 0.2) is 11.6 Å². The molecule has 0 bridgehead atoms. The summed E-state index contributed by atoms with van der Waals surface area (Å²) < 4.78 is 24.6. The largest absolute Gasteiger partial charge is 0.494 e. The third-order valence-corrected chi connectivity index (χ3v) is 3.90. The summed E-state index contributed by atoms with van der Waals surface area (Å²) in [6.45, 7) is 0. The van der Waals surface area contributed by atoms with Crippen LogP contribution in [0.5, 0.6) is 5.75 Å². The van der Waals surface area contributed by atoms with E-state index < -0.39 is 0 Å². The van der Waals surface area contributed by atoms with Crippen LogP contribution in [-0.4, -0.2) is 19.8 Å². The van der Waals surface area contributed by atoms with E-state index in [1.807, 2.05) is 0 Å². The first kappa shape index (κ1) is 13.3. The van der Waals surface area contributed by atoms with Gasteiger partial charge in [0.05, 0.1) is 12.7 Å². The molecule has 18 heavy (non-hydrogen) atoms. The van der Waals surface area contributed by atoms with E-state index in [9.17, 15) is 4.39 Å². The summed E-state index contributed by atoms with van der Waals surface area (Å²) in [5.74, 6) is -0.124. The first-order valence-corrected chi connectivity index (χ1v) is 6.25. The number of methoxy groups -OCH3 is 2. The van der Waals surface area contributed by atoms with Crippen molar-refractivity contribution in [2.24, 2.45) is 5.73 Å². The average molecular weight is 253 g/mol. The fraction of sp³-hybridized carbons (Fsp3) is 0.571. The number of nitrogens with two attached hydrogens (primary N) is 1. The normalized spacial score (nSPS) is 19.1. The summed E-state index contributed by atoms with van der Waals surface area (Å²) >= 11 is 0. The smallest absolute Gasteiger partial charge is 0.169 e. The standard InChI is InChI=1S/C14H20FNO2/c1-17-12-6-3-5-10(13(12)15)11(16)9-14(18-2)7-4-8-14/h3,5-6,11H,4,7-9,16H2,1-2H3. The van der Waals surface area contributed by atoms with Gasteiger partial charge in [-0.15, -0.1) is 0 Å². The number of hydrogen-bond acceptors (Lipinski definition) is 3. The summed E-state index contributed by atoms with van der Waals surface area (Å²) in [4.78, 5) is 0. The molecule has 1 atom stereocenters. The van der Waals surface area contributed by atoms with E-state index in [1.165, 1.54) is 7.11 Å². The van der Waals surface area contributed by atoms with Crippen LogP contribution in [0.2, 0.25) is 0 Å². The van der Waals surface area contributed by atoms with E-state index >= 15 is 0 Å². The fourth-order valence-corrected chi connectivity index (χ4v) is 2.55. The van der Waals surface area contributed by atoms with Gasteiger partial charge in [-0.3, -0.25) is 0 Å². The van der Waals surface area contributed by atoms with Crippen molar-refractivity contribution in [2.75, 3.05) is 14.2 Å². The van der Waals surface area contributed by atoms with E-state index in [2.05, 4.69) is 0 Å². The zero-order valence-corrected chi connectivity index (χ0v) is 10.9. The second-order valence-corrected chi connectivity index (χ2v) is 4.91. The second kappa shape index (κ2) is 5.24. The van der Waals surface area contributed by atoms with Gasteiger partial charge < -0.3 is 15.2 Å². The lowest BCUT2D eigenvalue weighted by atomic mass is 9.75. The van der Waals surface area contributed by atoms with Gasteiger partial charge in [0.2, 0.25) is 0 Å². The Balaban J connectivity index is 2.16. The number of benzene rings is 1. The highest BCUT2D eigenvalue weighted by atomic mass is 19.1. The summed E-state index contributed by atoms with van der Waals surface area (Å²) in [7, 11) is 3.16. The molecule has 0 amide bonds. The highest BCUT2D eigenvalue weighted by Gasteiger charge is 2.39. The molecule has 1 aliphatic carbocycles. The van der Waals surface area contributed by atoms with Crippen LogP contribution in [0.1, 0.15) is 37.3 Å². The molecule has 2 rings (SSSR count). The van der Waals surface area contributed by atoms with Crippen molar-refractivity contribution in [2.45, 2.75) is 37.3 Å². The highest BCUT2D eigenvalue weighted by Crippen LogP contribution is 2.41. The SMILES string of the molecule is COc1cccc(C(N)CC2(OC)CCC2)c1F. The van der Waals surface area contributed by atoms with Gasteiger partial charge in [0.25, 0.3) is 0 Å². The van der Waals surface area contributed by atoms with Gasteiger partial charge in [0.1, 0.15) is 0 Å². The van der Waals surface area contributed by atoms with Gasteiger partial charge in [-0.1, -0.05) is 12.1 Å². The predicted molar refractivity (Wildman–Crippen MR) is 68.1 cm³/mol. The molecule has 0 spiro atoms. The van der Waals surface area contributed by atoms with E-state index in [0.717, 1.165) is 19.3 Å². The van der Waals surface area contributed by atoms with Gasteiger partial charge in [-0.05, 0) is 31.7 Å². The van der Waals surface area contributed by atoms with Crippen molar-refractivity contribution in [3.8, 4) is 5.75 Å². The minimum atomic E-state index is -0.363. The molecule has 1 aliphatic rings. The van der Waals surface area contributed by atoms with Gasteiger partial charge in [-0.2, -0.15) is 0 Å². The molecule has 1 aromatic carbocycles. The molecular weight excluding hydrogens is 233 g/mol. The second-order valence-electron chi connectivity index (χ2n) is 4.91. The van der Waals surface area contributed by atoms with Crippen LogP contribution in [-0.2, 0) is 4.74 Å². The van der Waals surface area contributed by atoms with Crippen molar-refractivity contribution in [1.82, 2.24) is 0 Å². The van der Waals surface area contributed by atoms with Crippen LogP contribution >= 0.6 is 0 Å². The quantitative estimate of drug-likeness (QED) is 0.877. The van der Waals surface area contributed by atoms with Crippen LogP contribution in [0.3, 0.4) is 0 Å². The highest BCUT2D eigenvalue weighted by molar-refractivity contribution is 5.33. The monoisotopic (exact) mass is 253 g/mol. The number of hydrogen-bond donors (Lipinski definition) is 1. The third-order valence-electron chi connectivity index (χ3n) is 3.90. The van der Waals surface area contributed by atoms with Gasteiger partial charge in [-0.25, -0.2) is 4.39 Å². The van der Waals surface area contributed by atoms with Crippen molar-refractivity contribution >= 4 is 0 Å². The Bertz CT molecular complexity index is 413. The Morgan fingerprint density at radius 1 is 1.39 bits per heavy atom. The first-order chi connectivity index (χ1) is 8.62. The Morgan fingerprint density at radius 2 is 2.11 bits per heavy atom. The maximum Gasteiger partial charge on any atom is 0.169 e. The molecule has 4 heteroatoms. The van der Waals surface area contributed by atoms with E-state index in [0.29, 0.717) is 12.0 Å². The molecule has 1 fully saturated rings. The molecule has 0 radical (unpaired) electrons. The molecule has 1 saturated carbocycles. The summed E-state index contributed by atoms with van der Waals surface area (Å²) in [5.41, 5.74) is 6.46. The molecule has 0 heterocycles. The molecule has 0 aromatic heterocycles. The van der Waals surface area contributed by atoms with E-state index in [1.54, 1.807) is 25.3 Å². The van der Waals surface area contributed by atoms with Crippen molar-refractivity contribution in [3.05, 3.63) is 29.6 Å². The minimum absolute atomic E-state index is 0.158. The molecule has 100 valence electrons. The third kappa shape index (κ3) is 2.35. The zero-order valence-electron chi connectivity index (χ0n) is 10.9. The lowest BCUT2D eigenvalue weighted by Crippen LogP contribution is -2.42. The van der Waals surface area contributed by atoms with Crippen LogP contribution in [0, 0.1) is 5.82 Å². The van der Waals surface area contributed by atoms with Crippen LogP contribution in [0.25, 0.3) is 0 Å².